The molecule has 0 unspecified atom stereocenters. The number of carboxylic acids is 1. The molecule has 0 radical (unpaired) electrons. The number of carbonyl (C=O) groups excluding carboxylic acids is 1. The lowest BCUT2D eigenvalue weighted by atomic mass is 9.97. The summed E-state index contributed by atoms with van der Waals surface area (Å²) < 4.78 is 5.72. The van der Waals surface area contributed by atoms with Crippen LogP contribution in [0.5, 0.6) is 0 Å². The molecular formula is C27H24ClNO4. The quantitative estimate of drug-likeness (QED) is 0.536. The van der Waals surface area contributed by atoms with Crippen LogP contribution in [0, 0.1) is 5.92 Å². The van der Waals surface area contributed by atoms with Crippen molar-refractivity contribution in [2.75, 3.05) is 13.2 Å². The molecule has 1 N–H and O–H groups in total. The molecule has 1 aliphatic heterocycles. The van der Waals surface area contributed by atoms with Gasteiger partial charge in [0.1, 0.15) is 12.6 Å². The topological polar surface area (TPSA) is 66.8 Å². The monoisotopic (exact) mass is 461 g/mol. The molecule has 1 heterocycles. The number of carboxylic acid groups (broad SMARTS) is 1. The van der Waals surface area contributed by atoms with Gasteiger partial charge in [-0.1, -0.05) is 72.3 Å². The second kappa shape index (κ2) is 8.91. The van der Waals surface area contributed by atoms with Crippen molar-refractivity contribution in [2.45, 2.75) is 24.8 Å². The summed E-state index contributed by atoms with van der Waals surface area (Å²) >= 11 is 5.96. The van der Waals surface area contributed by atoms with Crippen LogP contribution in [0.15, 0.2) is 72.8 Å². The summed E-state index contributed by atoms with van der Waals surface area (Å²) in [6, 6.07) is 22.9. The lowest BCUT2D eigenvalue weighted by molar-refractivity contribution is -0.141. The Morgan fingerprint density at radius 1 is 0.939 bits per heavy atom. The third-order valence-corrected chi connectivity index (χ3v) is 6.93. The molecular weight excluding hydrogens is 438 g/mol. The Labute approximate surface area is 197 Å². The minimum atomic E-state index is -0.998. The van der Waals surface area contributed by atoms with Crippen LogP contribution in [0.1, 0.15) is 29.0 Å². The maximum absolute atomic E-state index is 13.0. The van der Waals surface area contributed by atoms with Crippen molar-refractivity contribution >= 4 is 23.7 Å². The fourth-order valence-electron chi connectivity index (χ4n) is 5.14. The third kappa shape index (κ3) is 4.21. The van der Waals surface area contributed by atoms with Gasteiger partial charge in [-0.15, -0.1) is 0 Å². The highest BCUT2D eigenvalue weighted by Gasteiger charge is 2.41. The number of hydrogen-bond donors (Lipinski definition) is 1. The normalized spacial score (nSPS) is 19.2. The Morgan fingerprint density at radius 3 is 2.15 bits per heavy atom. The van der Waals surface area contributed by atoms with Crippen molar-refractivity contribution in [3.8, 4) is 11.1 Å². The van der Waals surface area contributed by atoms with Crippen molar-refractivity contribution in [3.63, 3.8) is 0 Å². The van der Waals surface area contributed by atoms with E-state index in [0.29, 0.717) is 24.4 Å². The molecule has 3 aromatic carbocycles. The SMILES string of the molecule is O=C(O)[C@H]1C[C@@H](Cc2ccc(Cl)cc2)CN1C(=O)OCC1c2ccccc2-c2ccccc21. The van der Waals surface area contributed by atoms with E-state index in [9.17, 15) is 14.7 Å². The number of aliphatic carboxylic acids is 1. The first-order valence-electron chi connectivity index (χ1n) is 11.1. The zero-order valence-corrected chi connectivity index (χ0v) is 18.7. The van der Waals surface area contributed by atoms with Gasteiger partial charge < -0.3 is 9.84 Å². The van der Waals surface area contributed by atoms with E-state index >= 15 is 0 Å². The minimum Gasteiger partial charge on any atom is -0.480 e. The number of carbonyl (C=O) groups is 2. The molecule has 2 aliphatic rings. The van der Waals surface area contributed by atoms with Gasteiger partial charge in [-0.3, -0.25) is 4.90 Å². The summed E-state index contributed by atoms with van der Waals surface area (Å²) in [5, 5.41) is 10.4. The predicted molar refractivity (Wildman–Crippen MR) is 126 cm³/mol. The molecule has 3 aromatic rings. The van der Waals surface area contributed by atoms with E-state index in [0.717, 1.165) is 27.8 Å². The number of hydrogen-bond acceptors (Lipinski definition) is 3. The first kappa shape index (κ1) is 21.5. The van der Waals surface area contributed by atoms with Gasteiger partial charge in [0.15, 0.2) is 0 Å². The molecule has 0 saturated carbocycles. The van der Waals surface area contributed by atoms with E-state index in [-0.39, 0.29) is 18.4 Å². The molecule has 1 amide bonds. The van der Waals surface area contributed by atoms with Crippen molar-refractivity contribution in [2.24, 2.45) is 5.92 Å². The molecule has 0 bridgehead atoms. The van der Waals surface area contributed by atoms with Crippen LogP contribution < -0.4 is 0 Å². The zero-order valence-electron chi connectivity index (χ0n) is 18.0. The van der Waals surface area contributed by atoms with Gasteiger partial charge >= 0.3 is 12.1 Å². The summed E-state index contributed by atoms with van der Waals surface area (Å²) in [6.45, 7) is 0.536. The van der Waals surface area contributed by atoms with E-state index < -0.39 is 18.1 Å². The van der Waals surface area contributed by atoms with E-state index in [1.165, 1.54) is 4.90 Å². The number of benzene rings is 3. The molecule has 1 aliphatic carbocycles. The Bertz CT molecular complexity index is 1150. The highest BCUT2D eigenvalue weighted by molar-refractivity contribution is 6.30. The number of fused-ring (bicyclic) bond motifs is 3. The molecule has 5 nitrogen and oxygen atoms in total. The first-order chi connectivity index (χ1) is 16.0. The summed E-state index contributed by atoms with van der Waals surface area (Å²) in [6.07, 6.45) is 0.527. The lowest BCUT2D eigenvalue weighted by Crippen LogP contribution is -2.41. The molecule has 5 rings (SSSR count). The van der Waals surface area contributed by atoms with Gasteiger partial charge in [0.05, 0.1) is 0 Å². The molecule has 6 heteroatoms. The van der Waals surface area contributed by atoms with Crippen LogP contribution in [0.3, 0.4) is 0 Å². The zero-order chi connectivity index (χ0) is 22.9. The number of rotatable bonds is 5. The molecule has 33 heavy (non-hydrogen) atoms. The summed E-state index contributed by atoms with van der Waals surface area (Å²) in [7, 11) is 0. The van der Waals surface area contributed by atoms with E-state index in [1.807, 2.05) is 48.5 Å². The summed E-state index contributed by atoms with van der Waals surface area (Å²) in [5.74, 6) is -1.01. The van der Waals surface area contributed by atoms with Gasteiger partial charge in [0.2, 0.25) is 0 Å². The number of ether oxygens (including phenoxy) is 1. The number of amides is 1. The van der Waals surface area contributed by atoms with Crippen molar-refractivity contribution in [1.82, 2.24) is 4.90 Å². The second-order valence-corrected chi connectivity index (χ2v) is 9.18. The number of likely N-dealkylation sites (tertiary alicyclic amines) is 1. The highest BCUT2D eigenvalue weighted by Crippen LogP contribution is 2.44. The van der Waals surface area contributed by atoms with Gasteiger partial charge in [-0.2, -0.15) is 0 Å². The molecule has 168 valence electrons. The van der Waals surface area contributed by atoms with E-state index in [2.05, 4.69) is 24.3 Å². The Balaban J connectivity index is 1.29. The largest absolute Gasteiger partial charge is 0.480 e. The van der Waals surface area contributed by atoms with Crippen LogP contribution in [0.2, 0.25) is 5.02 Å². The van der Waals surface area contributed by atoms with E-state index in [4.69, 9.17) is 16.3 Å². The van der Waals surface area contributed by atoms with Crippen LogP contribution in [0.25, 0.3) is 11.1 Å². The second-order valence-electron chi connectivity index (χ2n) is 8.74. The van der Waals surface area contributed by atoms with Gasteiger partial charge in [0, 0.05) is 17.5 Å². The maximum Gasteiger partial charge on any atom is 0.410 e. The fraction of sp³-hybridized carbons (Fsp3) is 0.259. The average Bonchev–Trinajstić information content (AvgIpc) is 3.39. The fourth-order valence-corrected chi connectivity index (χ4v) is 5.26. The van der Waals surface area contributed by atoms with Crippen LogP contribution in [-0.4, -0.2) is 41.3 Å². The van der Waals surface area contributed by atoms with Crippen LogP contribution in [0.4, 0.5) is 4.79 Å². The van der Waals surface area contributed by atoms with E-state index in [1.54, 1.807) is 0 Å². The smallest absolute Gasteiger partial charge is 0.410 e. The average molecular weight is 462 g/mol. The standard InChI is InChI=1S/C27H24ClNO4/c28-19-11-9-17(10-12-19)13-18-14-25(26(30)31)29(15-18)27(32)33-16-24-22-7-3-1-5-20(22)21-6-2-4-8-23(21)24/h1-12,18,24-25H,13-16H2,(H,30,31)/t18-,25-/m1/s1. The lowest BCUT2D eigenvalue weighted by Gasteiger charge is -2.22. The Kier molecular flexibility index (Phi) is 5.81. The number of nitrogens with zero attached hydrogens (tertiary/aromatic N) is 1. The first-order valence-corrected chi connectivity index (χ1v) is 11.5. The third-order valence-electron chi connectivity index (χ3n) is 6.68. The highest BCUT2D eigenvalue weighted by atomic mass is 35.5. The Morgan fingerprint density at radius 2 is 1.55 bits per heavy atom. The Hall–Kier alpha value is -3.31. The predicted octanol–water partition coefficient (Wildman–Crippen LogP) is 5.61. The molecule has 0 aromatic heterocycles. The molecule has 1 fully saturated rings. The van der Waals surface area contributed by atoms with Gasteiger partial charge in [-0.25, -0.2) is 9.59 Å². The number of halogens is 1. The molecule has 2 atom stereocenters. The van der Waals surface area contributed by atoms with Crippen LogP contribution >= 0.6 is 11.6 Å². The van der Waals surface area contributed by atoms with Gasteiger partial charge in [-0.05, 0) is 58.7 Å². The molecule has 1 saturated heterocycles. The summed E-state index contributed by atoms with van der Waals surface area (Å²) in [4.78, 5) is 26.3. The van der Waals surface area contributed by atoms with Crippen molar-refractivity contribution in [3.05, 3.63) is 94.5 Å². The van der Waals surface area contributed by atoms with Crippen molar-refractivity contribution in [1.29, 1.82) is 0 Å². The molecule has 0 spiro atoms. The van der Waals surface area contributed by atoms with Gasteiger partial charge in [0.25, 0.3) is 0 Å². The maximum atomic E-state index is 13.0. The van der Waals surface area contributed by atoms with Crippen LogP contribution in [-0.2, 0) is 16.0 Å². The van der Waals surface area contributed by atoms with Crippen molar-refractivity contribution < 1.29 is 19.4 Å². The minimum absolute atomic E-state index is 0.0489. The summed E-state index contributed by atoms with van der Waals surface area (Å²) in [5.41, 5.74) is 5.64.